The monoisotopic (exact) mass is 286 g/mol. The number of aromatic nitrogens is 2. The summed E-state index contributed by atoms with van der Waals surface area (Å²) in [5, 5.41) is 8.96. The van der Waals surface area contributed by atoms with Gasteiger partial charge in [0, 0.05) is 23.2 Å². The number of aryl methyl sites for hydroxylation is 2. The van der Waals surface area contributed by atoms with Crippen LogP contribution in [0, 0.1) is 13.8 Å². The van der Waals surface area contributed by atoms with E-state index in [4.69, 9.17) is 5.11 Å². The molecule has 0 fully saturated rings. The topological polar surface area (TPSA) is 54.6 Å². The molecule has 4 nitrogen and oxygen atoms in total. The summed E-state index contributed by atoms with van der Waals surface area (Å²) in [4.78, 5) is 17.0. The number of carboxylic acid groups (broad SMARTS) is 1. The van der Waals surface area contributed by atoms with E-state index >= 15 is 0 Å². The molecule has 0 saturated heterocycles. The molecule has 0 aliphatic carbocycles. The van der Waals surface area contributed by atoms with Crippen molar-refractivity contribution in [3.8, 4) is 0 Å². The van der Waals surface area contributed by atoms with Gasteiger partial charge >= 0.3 is 5.97 Å². The van der Waals surface area contributed by atoms with E-state index in [9.17, 15) is 4.79 Å². The SMILES string of the molecule is Cc1cccc(Cc2sc3nc(C(=O)O)cn3c2C)c1. The molecule has 0 aliphatic heterocycles. The molecule has 0 saturated carbocycles. The average Bonchev–Trinajstić information content (AvgIpc) is 2.91. The molecule has 3 rings (SSSR count). The van der Waals surface area contributed by atoms with Crippen LogP contribution in [0.15, 0.2) is 30.5 Å². The van der Waals surface area contributed by atoms with Gasteiger partial charge in [-0.05, 0) is 19.4 Å². The second-order valence-corrected chi connectivity index (χ2v) is 5.92. The molecule has 0 spiro atoms. The van der Waals surface area contributed by atoms with E-state index in [1.807, 2.05) is 11.3 Å². The van der Waals surface area contributed by atoms with Gasteiger partial charge in [0.1, 0.15) is 0 Å². The van der Waals surface area contributed by atoms with Crippen LogP contribution in [0.5, 0.6) is 0 Å². The number of nitrogens with zero attached hydrogens (tertiary/aromatic N) is 2. The Kier molecular flexibility index (Phi) is 3.06. The fourth-order valence-electron chi connectivity index (χ4n) is 2.27. The fourth-order valence-corrected chi connectivity index (χ4v) is 3.41. The molecule has 0 unspecified atom stereocenters. The minimum absolute atomic E-state index is 0.0986. The molecular weight excluding hydrogens is 272 g/mol. The summed E-state index contributed by atoms with van der Waals surface area (Å²) < 4.78 is 1.86. The van der Waals surface area contributed by atoms with Gasteiger partial charge in [-0.15, -0.1) is 11.3 Å². The van der Waals surface area contributed by atoms with Crippen LogP contribution >= 0.6 is 11.3 Å². The Morgan fingerprint density at radius 3 is 2.85 bits per heavy atom. The van der Waals surface area contributed by atoms with Crippen LogP contribution in [0.25, 0.3) is 4.96 Å². The lowest BCUT2D eigenvalue weighted by molar-refractivity contribution is 0.0691. The third kappa shape index (κ3) is 2.20. The van der Waals surface area contributed by atoms with Crippen molar-refractivity contribution in [2.24, 2.45) is 0 Å². The van der Waals surface area contributed by atoms with Gasteiger partial charge in [0.25, 0.3) is 0 Å². The maximum atomic E-state index is 10.9. The Balaban J connectivity index is 1.98. The van der Waals surface area contributed by atoms with Gasteiger partial charge in [-0.2, -0.15) is 0 Å². The highest BCUT2D eigenvalue weighted by Gasteiger charge is 2.15. The fraction of sp³-hybridized carbons (Fsp3) is 0.200. The van der Waals surface area contributed by atoms with Crippen molar-refractivity contribution >= 4 is 22.3 Å². The number of rotatable bonds is 3. The van der Waals surface area contributed by atoms with Crippen LogP contribution in [-0.4, -0.2) is 20.5 Å². The molecule has 0 bridgehead atoms. The lowest BCUT2D eigenvalue weighted by atomic mass is 10.1. The first kappa shape index (κ1) is 12.9. The first-order chi connectivity index (χ1) is 9.54. The molecule has 1 aromatic carbocycles. The number of imidazole rings is 1. The van der Waals surface area contributed by atoms with Crippen molar-refractivity contribution in [1.82, 2.24) is 9.38 Å². The minimum Gasteiger partial charge on any atom is -0.476 e. The second kappa shape index (κ2) is 4.76. The van der Waals surface area contributed by atoms with E-state index < -0.39 is 5.97 Å². The summed E-state index contributed by atoms with van der Waals surface area (Å²) >= 11 is 1.55. The quantitative estimate of drug-likeness (QED) is 0.803. The molecule has 20 heavy (non-hydrogen) atoms. The lowest BCUT2D eigenvalue weighted by Crippen LogP contribution is -1.96. The van der Waals surface area contributed by atoms with Crippen LogP contribution < -0.4 is 0 Å². The van der Waals surface area contributed by atoms with Gasteiger partial charge in [-0.1, -0.05) is 29.8 Å². The average molecular weight is 286 g/mol. The van der Waals surface area contributed by atoms with Crippen LogP contribution in [-0.2, 0) is 6.42 Å². The van der Waals surface area contributed by atoms with Crippen molar-refractivity contribution in [2.75, 3.05) is 0 Å². The van der Waals surface area contributed by atoms with E-state index in [0.717, 1.165) is 17.1 Å². The number of thiazole rings is 1. The zero-order valence-corrected chi connectivity index (χ0v) is 12.1. The Bertz CT molecular complexity index is 801. The zero-order valence-electron chi connectivity index (χ0n) is 11.3. The molecule has 0 radical (unpaired) electrons. The number of hydrogen-bond donors (Lipinski definition) is 1. The number of carbonyl (C=O) groups is 1. The van der Waals surface area contributed by atoms with Crippen LogP contribution in [0.3, 0.4) is 0 Å². The Hall–Kier alpha value is -2.14. The van der Waals surface area contributed by atoms with Crippen molar-refractivity contribution in [3.05, 3.63) is 57.9 Å². The summed E-state index contributed by atoms with van der Waals surface area (Å²) in [5.74, 6) is -0.986. The number of hydrogen-bond acceptors (Lipinski definition) is 3. The third-order valence-corrected chi connectivity index (χ3v) is 4.48. The molecule has 5 heteroatoms. The molecule has 2 aromatic heterocycles. The molecule has 3 aromatic rings. The summed E-state index contributed by atoms with van der Waals surface area (Å²) in [6.07, 6.45) is 2.44. The Morgan fingerprint density at radius 2 is 2.20 bits per heavy atom. The number of benzene rings is 1. The first-order valence-corrected chi connectivity index (χ1v) is 7.12. The maximum Gasteiger partial charge on any atom is 0.356 e. The predicted octanol–water partition coefficient (Wildman–Crippen LogP) is 3.30. The smallest absolute Gasteiger partial charge is 0.356 e. The Morgan fingerprint density at radius 1 is 1.40 bits per heavy atom. The standard InChI is InChI=1S/C15H14N2O2S/c1-9-4-3-5-11(6-9)7-13-10(2)17-8-12(14(18)19)16-15(17)20-13/h3-6,8H,7H2,1-2H3,(H,18,19). The molecular formula is C15H14N2O2S. The van der Waals surface area contributed by atoms with Crippen LogP contribution in [0.2, 0.25) is 0 Å². The van der Waals surface area contributed by atoms with Gasteiger partial charge in [-0.25, -0.2) is 9.78 Å². The number of fused-ring (bicyclic) bond motifs is 1. The summed E-state index contributed by atoms with van der Waals surface area (Å²) in [5.41, 5.74) is 3.67. The summed E-state index contributed by atoms with van der Waals surface area (Å²) in [6.45, 7) is 4.08. The van der Waals surface area contributed by atoms with Crippen LogP contribution in [0.1, 0.15) is 32.2 Å². The third-order valence-electron chi connectivity index (χ3n) is 3.32. The number of aromatic carboxylic acids is 1. The highest BCUT2D eigenvalue weighted by atomic mass is 32.1. The summed E-state index contributed by atoms with van der Waals surface area (Å²) in [7, 11) is 0. The number of carboxylic acids is 1. The molecule has 1 N–H and O–H groups in total. The normalized spacial score (nSPS) is 11.1. The summed E-state index contributed by atoms with van der Waals surface area (Å²) in [6, 6.07) is 8.42. The van der Waals surface area contributed by atoms with E-state index in [0.29, 0.717) is 0 Å². The molecule has 102 valence electrons. The van der Waals surface area contributed by atoms with E-state index in [1.54, 1.807) is 17.5 Å². The van der Waals surface area contributed by atoms with E-state index in [1.165, 1.54) is 16.0 Å². The molecule has 0 aliphatic rings. The van der Waals surface area contributed by atoms with Gasteiger partial charge in [0.05, 0.1) is 0 Å². The van der Waals surface area contributed by atoms with Crippen LogP contribution in [0.4, 0.5) is 0 Å². The second-order valence-electron chi connectivity index (χ2n) is 4.86. The van der Waals surface area contributed by atoms with Gasteiger partial charge in [-0.3, -0.25) is 4.40 Å². The van der Waals surface area contributed by atoms with Crippen molar-refractivity contribution in [2.45, 2.75) is 20.3 Å². The van der Waals surface area contributed by atoms with Crippen molar-refractivity contribution < 1.29 is 9.90 Å². The molecule has 0 atom stereocenters. The predicted molar refractivity (Wildman–Crippen MR) is 78.8 cm³/mol. The lowest BCUT2D eigenvalue weighted by Gasteiger charge is -2.02. The van der Waals surface area contributed by atoms with Crippen molar-refractivity contribution in [1.29, 1.82) is 0 Å². The maximum absolute atomic E-state index is 10.9. The zero-order chi connectivity index (χ0) is 14.3. The van der Waals surface area contributed by atoms with E-state index in [-0.39, 0.29) is 5.69 Å². The molecule has 0 amide bonds. The van der Waals surface area contributed by atoms with E-state index in [2.05, 4.69) is 36.2 Å². The largest absolute Gasteiger partial charge is 0.476 e. The molecule has 2 heterocycles. The Labute approximate surface area is 120 Å². The van der Waals surface area contributed by atoms with Gasteiger partial charge in [0.15, 0.2) is 10.7 Å². The minimum atomic E-state index is -0.986. The first-order valence-electron chi connectivity index (χ1n) is 6.31. The highest BCUT2D eigenvalue weighted by Crippen LogP contribution is 2.25. The van der Waals surface area contributed by atoms with Gasteiger partial charge < -0.3 is 5.11 Å². The highest BCUT2D eigenvalue weighted by molar-refractivity contribution is 7.17. The van der Waals surface area contributed by atoms with Gasteiger partial charge in [0.2, 0.25) is 0 Å². The van der Waals surface area contributed by atoms with Crippen molar-refractivity contribution in [3.63, 3.8) is 0 Å².